The normalized spacial score (nSPS) is 11.5. The van der Waals surface area contributed by atoms with Gasteiger partial charge in [0.2, 0.25) is 0 Å². The molecule has 0 saturated heterocycles. The van der Waals surface area contributed by atoms with E-state index in [0.29, 0.717) is 0 Å². The molecule has 0 saturated carbocycles. The largest absolute Gasteiger partial charge is 0.322 e. The Hall–Kier alpha value is -2.28. The van der Waals surface area contributed by atoms with Gasteiger partial charge >= 0.3 is 0 Å². The first-order valence-corrected chi connectivity index (χ1v) is 7.78. The predicted octanol–water partition coefficient (Wildman–Crippen LogP) is 6.57. The van der Waals surface area contributed by atoms with E-state index < -0.39 is 0 Å². The number of nitrogens with zero attached hydrogens (tertiary/aromatic N) is 1. The molecule has 0 fully saturated rings. The van der Waals surface area contributed by atoms with Crippen molar-refractivity contribution < 1.29 is 0 Å². The zero-order valence-electron chi connectivity index (χ0n) is 14.1. The molecule has 1 nitrogen and oxygen atoms in total. The lowest BCUT2D eigenvalue weighted by atomic mass is 9.99. The van der Waals surface area contributed by atoms with Gasteiger partial charge in [-0.15, -0.1) is 0 Å². The Bertz CT molecular complexity index is 602. The van der Waals surface area contributed by atoms with Crippen molar-refractivity contribution in [3.63, 3.8) is 0 Å². The van der Waals surface area contributed by atoms with E-state index >= 15 is 0 Å². The molecular weight excluding hydrogens is 266 g/mol. The first kappa shape index (κ1) is 17.8. The first-order chi connectivity index (χ1) is 10.6. The molecule has 0 aliphatic rings. The number of benzene rings is 1. The lowest BCUT2D eigenvalue weighted by Gasteiger charge is -2.23. The van der Waals surface area contributed by atoms with Crippen molar-refractivity contribution in [3.8, 4) is 0 Å². The average Bonchev–Trinajstić information content (AvgIpc) is 2.52. The van der Waals surface area contributed by atoms with E-state index in [1.54, 1.807) is 6.20 Å². The highest BCUT2D eigenvalue weighted by Crippen LogP contribution is 2.30. The summed E-state index contributed by atoms with van der Waals surface area (Å²) in [5.41, 5.74) is 5.60. The molecule has 0 heterocycles. The highest BCUT2D eigenvalue weighted by atomic mass is 15.1. The van der Waals surface area contributed by atoms with Crippen LogP contribution in [0.15, 0.2) is 68.1 Å². The molecule has 0 amide bonds. The van der Waals surface area contributed by atoms with Gasteiger partial charge in [0.05, 0.1) is 5.69 Å². The molecule has 1 heteroatoms. The highest BCUT2D eigenvalue weighted by molar-refractivity contribution is 5.77. The van der Waals surface area contributed by atoms with E-state index in [1.165, 1.54) is 11.1 Å². The van der Waals surface area contributed by atoms with Crippen LogP contribution in [0.4, 0.5) is 5.69 Å². The van der Waals surface area contributed by atoms with Gasteiger partial charge in [0.25, 0.3) is 0 Å². The maximum absolute atomic E-state index is 4.03. The highest BCUT2D eigenvalue weighted by Gasteiger charge is 2.10. The summed E-state index contributed by atoms with van der Waals surface area (Å²) in [6, 6.07) is 6.43. The van der Waals surface area contributed by atoms with E-state index in [-0.39, 0.29) is 0 Å². The van der Waals surface area contributed by atoms with Crippen molar-refractivity contribution in [2.24, 2.45) is 0 Å². The Labute approximate surface area is 135 Å². The van der Waals surface area contributed by atoms with Gasteiger partial charge in [-0.25, -0.2) is 0 Å². The molecule has 0 N–H and O–H groups in total. The first-order valence-electron chi connectivity index (χ1n) is 7.78. The number of rotatable bonds is 8. The fraction of sp³-hybridized carbons (Fsp3) is 0.238. The summed E-state index contributed by atoms with van der Waals surface area (Å²) < 4.78 is 0. The van der Waals surface area contributed by atoms with E-state index in [2.05, 4.69) is 70.0 Å². The average molecular weight is 293 g/mol. The van der Waals surface area contributed by atoms with Crippen LogP contribution in [-0.4, -0.2) is 0 Å². The molecule has 0 aromatic heterocycles. The predicted molar refractivity (Wildman–Crippen MR) is 102 cm³/mol. The molecule has 1 rings (SSSR count). The Kier molecular flexibility index (Phi) is 7.18. The summed E-state index contributed by atoms with van der Waals surface area (Å²) in [5.74, 6) is 0. The smallest absolute Gasteiger partial charge is 0.0529 e. The molecule has 0 spiro atoms. The van der Waals surface area contributed by atoms with Crippen molar-refractivity contribution in [3.05, 3.63) is 79.2 Å². The van der Waals surface area contributed by atoms with Gasteiger partial charge in [-0.3, -0.25) is 0 Å². The summed E-state index contributed by atoms with van der Waals surface area (Å²) in [5, 5.41) is 0. The summed E-state index contributed by atoms with van der Waals surface area (Å²) in [7, 11) is 0. The second-order valence-electron chi connectivity index (χ2n) is 5.15. The van der Waals surface area contributed by atoms with Crippen LogP contribution >= 0.6 is 0 Å². The summed E-state index contributed by atoms with van der Waals surface area (Å²) in [6.07, 6.45) is 12.2. The summed E-state index contributed by atoms with van der Waals surface area (Å²) >= 11 is 0. The fourth-order valence-corrected chi connectivity index (χ4v) is 2.32. The minimum Gasteiger partial charge on any atom is -0.322 e. The second-order valence-corrected chi connectivity index (χ2v) is 5.15. The molecule has 116 valence electrons. The van der Waals surface area contributed by atoms with Crippen LogP contribution in [0.2, 0.25) is 0 Å². The third kappa shape index (κ3) is 4.36. The minimum absolute atomic E-state index is 0.933. The molecule has 0 atom stereocenters. The van der Waals surface area contributed by atoms with Crippen molar-refractivity contribution in [2.45, 2.75) is 33.6 Å². The summed E-state index contributed by atoms with van der Waals surface area (Å²) in [6.45, 7) is 18.1. The van der Waals surface area contributed by atoms with Crippen molar-refractivity contribution in [2.75, 3.05) is 4.90 Å². The van der Waals surface area contributed by atoms with Gasteiger partial charge in [0.15, 0.2) is 0 Å². The maximum Gasteiger partial charge on any atom is 0.0529 e. The van der Waals surface area contributed by atoms with Gasteiger partial charge < -0.3 is 4.90 Å². The Morgan fingerprint density at radius 3 is 2.45 bits per heavy atom. The number of allylic oxidation sites excluding steroid dienone is 5. The Morgan fingerprint density at radius 2 is 1.95 bits per heavy atom. The number of hydrogen-bond donors (Lipinski definition) is 0. The van der Waals surface area contributed by atoms with E-state index in [0.717, 1.165) is 29.8 Å². The monoisotopic (exact) mass is 293 g/mol. The summed E-state index contributed by atoms with van der Waals surface area (Å²) in [4.78, 5) is 2.00. The zero-order valence-corrected chi connectivity index (χ0v) is 14.1. The minimum atomic E-state index is 0.933. The standard InChI is InChI=1S/C21H27N/c1-7-11-12-13-18(8-2)20-15-14-19(9-3)21(16-20)22(10-4)17(5)6/h9-16H,3-5,7-8H2,1-2,6H3/b12-11-,18-13+. The molecule has 0 radical (unpaired) electrons. The quantitative estimate of drug-likeness (QED) is 0.490. The molecule has 22 heavy (non-hydrogen) atoms. The lowest BCUT2D eigenvalue weighted by molar-refractivity contribution is 1.16. The lowest BCUT2D eigenvalue weighted by Crippen LogP contribution is -2.13. The van der Waals surface area contributed by atoms with Gasteiger partial charge in [-0.1, -0.05) is 70.0 Å². The van der Waals surface area contributed by atoms with Gasteiger partial charge in [-0.2, -0.15) is 0 Å². The van der Waals surface area contributed by atoms with Crippen molar-refractivity contribution in [1.29, 1.82) is 0 Å². The molecule has 0 bridgehead atoms. The van der Waals surface area contributed by atoms with E-state index in [9.17, 15) is 0 Å². The van der Waals surface area contributed by atoms with Crippen LogP contribution in [0, 0.1) is 0 Å². The van der Waals surface area contributed by atoms with Crippen LogP contribution in [-0.2, 0) is 0 Å². The third-order valence-electron chi connectivity index (χ3n) is 3.52. The topological polar surface area (TPSA) is 3.24 Å². The van der Waals surface area contributed by atoms with E-state index in [4.69, 9.17) is 0 Å². The third-order valence-corrected chi connectivity index (χ3v) is 3.52. The molecular formula is C21H27N. The fourth-order valence-electron chi connectivity index (χ4n) is 2.32. The molecule has 0 aliphatic carbocycles. The number of hydrogen-bond acceptors (Lipinski definition) is 1. The second kappa shape index (κ2) is 8.89. The molecule has 1 aromatic carbocycles. The molecule has 1 aromatic rings. The zero-order chi connectivity index (χ0) is 16.5. The van der Waals surface area contributed by atoms with Gasteiger partial charge in [-0.05, 0) is 42.5 Å². The Morgan fingerprint density at radius 1 is 1.23 bits per heavy atom. The molecule has 0 aliphatic heterocycles. The number of anilines is 1. The van der Waals surface area contributed by atoms with Gasteiger partial charge in [0, 0.05) is 11.9 Å². The Balaban J connectivity index is 3.37. The van der Waals surface area contributed by atoms with Gasteiger partial charge in [0.1, 0.15) is 0 Å². The maximum atomic E-state index is 4.03. The van der Waals surface area contributed by atoms with Crippen LogP contribution < -0.4 is 4.90 Å². The van der Waals surface area contributed by atoms with Crippen LogP contribution in [0.3, 0.4) is 0 Å². The SMILES string of the molecule is C=Cc1ccc(/C(=C/C=C\CC)CC)cc1N(C=C)C(=C)C. The van der Waals surface area contributed by atoms with Crippen LogP contribution in [0.5, 0.6) is 0 Å². The van der Waals surface area contributed by atoms with Crippen LogP contribution in [0.25, 0.3) is 11.6 Å². The van der Waals surface area contributed by atoms with Crippen LogP contribution in [0.1, 0.15) is 44.7 Å². The molecule has 0 unspecified atom stereocenters. The van der Waals surface area contributed by atoms with Crippen molar-refractivity contribution in [1.82, 2.24) is 0 Å². The van der Waals surface area contributed by atoms with Crippen molar-refractivity contribution >= 4 is 17.3 Å². The van der Waals surface area contributed by atoms with E-state index in [1.807, 2.05) is 17.9 Å².